The first-order chi connectivity index (χ1) is 12.4. The van der Waals surface area contributed by atoms with Crippen LogP contribution in [0.5, 0.6) is 0 Å². The van der Waals surface area contributed by atoms with Crippen LogP contribution in [0.2, 0.25) is 0 Å². The SMILES string of the molecule is CC(C)c1cccc(NC(N)=NCCN2C(=O)NC3(CCCC3)C2=O)c1. The minimum atomic E-state index is -0.665. The molecular weight excluding hydrogens is 330 g/mol. The summed E-state index contributed by atoms with van der Waals surface area (Å²) >= 11 is 0. The van der Waals surface area contributed by atoms with Gasteiger partial charge in [0.15, 0.2) is 5.96 Å². The van der Waals surface area contributed by atoms with Gasteiger partial charge in [-0.3, -0.25) is 14.7 Å². The van der Waals surface area contributed by atoms with Gasteiger partial charge < -0.3 is 16.4 Å². The highest BCUT2D eigenvalue weighted by Gasteiger charge is 2.52. The number of carbonyl (C=O) groups is 2. The van der Waals surface area contributed by atoms with Gasteiger partial charge in [0.1, 0.15) is 5.54 Å². The van der Waals surface area contributed by atoms with Gasteiger partial charge in [0.05, 0.1) is 13.1 Å². The van der Waals surface area contributed by atoms with Crippen molar-refractivity contribution < 1.29 is 9.59 Å². The highest BCUT2D eigenvalue weighted by Crippen LogP contribution is 2.34. The second-order valence-corrected chi connectivity index (χ2v) is 7.35. The maximum absolute atomic E-state index is 12.6. The van der Waals surface area contributed by atoms with Gasteiger partial charge in [-0.25, -0.2) is 4.79 Å². The number of hydrogen-bond donors (Lipinski definition) is 3. The Kier molecular flexibility index (Phi) is 5.15. The lowest BCUT2D eigenvalue weighted by atomic mass is 9.98. The summed E-state index contributed by atoms with van der Waals surface area (Å²) in [4.78, 5) is 30.2. The van der Waals surface area contributed by atoms with Gasteiger partial charge >= 0.3 is 6.03 Å². The Hall–Kier alpha value is -2.57. The quantitative estimate of drug-likeness (QED) is 0.428. The number of carbonyl (C=O) groups excluding carboxylic acids is 2. The Balaban J connectivity index is 1.56. The fourth-order valence-corrected chi connectivity index (χ4v) is 3.63. The molecule has 1 aromatic rings. The van der Waals surface area contributed by atoms with Crippen molar-refractivity contribution >= 4 is 23.6 Å². The molecule has 0 unspecified atom stereocenters. The third-order valence-electron chi connectivity index (χ3n) is 5.13. The molecule has 0 bridgehead atoms. The van der Waals surface area contributed by atoms with Gasteiger partial charge in [0.25, 0.3) is 5.91 Å². The number of hydrogen-bond acceptors (Lipinski definition) is 3. The number of amides is 3. The summed E-state index contributed by atoms with van der Waals surface area (Å²) in [6, 6.07) is 7.69. The van der Waals surface area contributed by atoms with Crippen LogP contribution in [-0.4, -0.2) is 41.4 Å². The predicted octanol–water partition coefficient (Wildman–Crippen LogP) is 2.40. The number of nitrogens with two attached hydrogens (primary N) is 1. The molecule has 1 saturated carbocycles. The molecule has 4 N–H and O–H groups in total. The van der Waals surface area contributed by atoms with Crippen LogP contribution in [0.1, 0.15) is 51.0 Å². The molecule has 26 heavy (non-hydrogen) atoms. The van der Waals surface area contributed by atoms with Gasteiger partial charge in [-0.1, -0.05) is 38.8 Å². The molecule has 1 spiro atoms. The van der Waals surface area contributed by atoms with Crippen molar-refractivity contribution in [3.05, 3.63) is 29.8 Å². The summed E-state index contributed by atoms with van der Waals surface area (Å²) in [6.07, 6.45) is 3.41. The summed E-state index contributed by atoms with van der Waals surface area (Å²) in [7, 11) is 0. The number of aliphatic imine (C=N–C) groups is 1. The maximum Gasteiger partial charge on any atom is 0.325 e. The van der Waals surface area contributed by atoms with Gasteiger partial charge in [0, 0.05) is 5.69 Å². The Morgan fingerprint density at radius 3 is 2.77 bits per heavy atom. The number of nitrogens with one attached hydrogen (secondary N) is 2. The maximum atomic E-state index is 12.6. The number of rotatable bonds is 5. The zero-order chi connectivity index (χ0) is 18.7. The van der Waals surface area contributed by atoms with E-state index >= 15 is 0 Å². The standard InChI is InChI=1S/C19H27N5O2/c1-13(2)14-6-5-7-15(12-14)22-17(20)21-10-11-24-16(25)19(23-18(24)26)8-3-4-9-19/h5-7,12-13H,3-4,8-11H2,1-2H3,(H,23,26)(H3,20,21,22). The van der Waals surface area contributed by atoms with Crippen LogP contribution in [0.25, 0.3) is 0 Å². The summed E-state index contributed by atoms with van der Waals surface area (Å²) in [5, 5.41) is 5.92. The monoisotopic (exact) mass is 357 g/mol. The molecule has 3 amide bonds. The molecule has 2 aliphatic rings. The largest absolute Gasteiger partial charge is 0.370 e. The second kappa shape index (κ2) is 7.35. The molecule has 0 aromatic heterocycles. The Bertz CT molecular complexity index is 722. The van der Waals surface area contributed by atoms with Crippen LogP contribution in [-0.2, 0) is 4.79 Å². The van der Waals surface area contributed by atoms with Crippen molar-refractivity contribution in [2.45, 2.75) is 51.0 Å². The summed E-state index contributed by atoms with van der Waals surface area (Å²) < 4.78 is 0. The second-order valence-electron chi connectivity index (χ2n) is 7.35. The Morgan fingerprint density at radius 2 is 2.08 bits per heavy atom. The van der Waals surface area contributed by atoms with Crippen molar-refractivity contribution in [1.82, 2.24) is 10.2 Å². The van der Waals surface area contributed by atoms with E-state index in [9.17, 15) is 9.59 Å². The van der Waals surface area contributed by atoms with E-state index in [1.165, 1.54) is 10.5 Å². The molecule has 1 aliphatic heterocycles. The van der Waals surface area contributed by atoms with Crippen LogP contribution >= 0.6 is 0 Å². The number of guanidine groups is 1. The van der Waals surface area contributed by atoms with Crippen molar-refractivity contribution in [2.24, 2.45) is 10.7 Å². The molecule has 1 aromatic carbocycles. The predicted molar refractivity (Wildman–Crippen MR) is 102 cm³/mol. The zero-order valence-corrected chi connectivity index (χ0v) is 15.4. The average Bonchev–Trinajstić information content (AvgIpc) is 3.15. The average molecular weight is 357 g/mol. The summed E-state index contributed by atoms with van der Waals surface area (Å²) in [5.41, 5.74) is 7.36. The molecule has 1 heterocycles. The minimum Gasteiger partial charge on any atom is -0.370 e. The van der Waals surface area contributed by atoms with E-state index in [1.807, 2.05) is 18.2 Å². The number of urea groups is 1. The van der Waals surface area contributed by atoms with Crippen molar-refractivity contribution in [1.29, 1.82) is 0 Å². The first-order valence-corrected chi connectivity index (χ1v) is 9.22. The number of imide groups is 1. The normalized spacial score (nSPS) is 19.5. The molecule has 7 heteroatoms. The molecular formula is C19H27N5O2. The van der Waals surface area contributed by atoms with Gasteiger partial charge in [-0.15, -0.1) is 0 Å². The zero-order valence-electron chi connectivity index (χ0n) is 15.4. The molecule has 3 rings (SSSR count). The molecule has 1 saturated heterocycles. The van der Waals surface area contributed by atoms with Crippen molar-refractivity contribution in [3.63, 3.8) is 0 Å². The smallest absolute Gasteiger partial charge is 0.325 e. The fraction of sp³-hybridized carbons (Fsp3) is 0.526. The lowest BCUT2D eigenvalue weighted by Gasteiger charge is -2.19. The topological polar surface area (TPSA) is 99.8 Å². The lowest BCUT2D eigenvalue weighted by Crippen LogP contribution is -2.44. The van der Waals surface area contributed by atoms with E-state index in [0.717, 1.165) is 31.4 Å². The van der Waals surface area contributed by atoms with Crippen LogP contribution in [0, 0.1) is 0 Å². The Labute approximate surface area is 154 Å². The molecule has 2 fully saturated rings. The molecule has 0 radical (unpaired) electrons. The van der Waals surface area contributed by atoms with E-state index in [2.05, 4.69) is 35.5 Å². The number of benzene rings is 1. The fourth-order valence-electron chi connectivity index (χ4n) is 3.63. The molecule has 0 atom stereocenters. The van der Waals surface area contributed by atoms with Crippen LogP contribution < -0.4 is 16.4 Å². The van der Waals surface area contributed by atoms with E-state index < -0.39 is 5.54 Å². The first kappa shape index (κ1) is 18.2. The summed E-state index contributed by atoms with van der Waals surface area (Å²) in [5.74, 6) is 0.581. The molecule has 140 valence electrons. The third kappa shape index (κ3) is 3.66. The van der Waals surface area contributed by atoms with Gasteiger partial charge in [-0.05, 0) is 36.5 Å². The van der Waals surface area contributed by atoms with E-state index in [-0.39, 0.29) is 31.0 Å². The van der Waals surface area contributed by atoms with E-state index in [0.29, 0.717) is 5.92 Å². The number of nitrogens with zero attached hydrogens (tertiary/aromatic N) is 2. The third-order valence-corrected chi connectivity index (χ3v) is 5.13. The number of anilines is 1. The van der Waals surface area contributed by atoms with Gasteiger partial charge in [0.2, 0.25) is 0 Å². The highest BCUT2D eigenvalue weighted by atomic mass is 16.2. The highest BCUT2D eigenvalue weighted by molar-refractivity contribution is 6.07. The lowest BCUT2D eigenvalue weighted by molar-refractivity contribution is -0.131. The van der Waals surface area contributed by atoms with Crippen LogP contribution in [0.15, 0.2) is 29.3 Å². The minimum absolute atomic E-state index is 0.119. The molecule has 1 aliphatic carbocycles. The van der Waals surface area contributed by atoms with Crippen LogP contribution in [0.3, 0.4) is 0 Å². The summed E-state index contributed by atoms with van der Waals surface area (Å²) in [6.45, 7) is 4.77. The van der Waals surface area contributed by atoms with E-state index in [1.54, 1.807) is 0 Å². The first-order valence-electron chi connectivity index (χ1n) is 9.22. The Morgan fingerprint density at radius 1 is 1.35 bits per heavy atom. The van der Waals surface area contributed by atoms with Crippen molar-refractivity contribution in [3.8, 4) is 0 Å². The van der Waals surface area contributed by atoms with Gasteiger partial charge in [-0.2, -0.15) is 0 Å². The van der Waals surface area contributed by atoms with E-state index in [4.69, 9.17) is 5.73 Å². The van der Waals surface area contributed by atoms with Crippen LogP contribution in [0.4, 0.5) is 10.5 Å². The molecule has 7 nitrogen and oxygen atoms in total. The van der Waals surface area contributed by atoms with Crippen molar-refractivity contribution in [2.75, 3.05) is 18.4 Å².